The van der Waals surface area contributed by atoms with Crippen molar-refractivity contribution in [3.8, 4) is 0 Å². The molecule has 0 atom stereocenters. The van der Waals surface area contributed by atoms with Crippen LogP contribution in [0.1, 0.15) is 44.9 Å². The van der Waals surface area contributed by atoms with Crippen molar-refractivity contribution in [1.29, 1.82) is 0 Å². The molecule has 0 heterocycles. The third-order valence-corrected chi connectivity index (χ3v) is 3.77. The van der Waals surface area contributed by atoms with E-state index in [0.29, 0.717) is 6.04 Å². The van der Waals surface area contributed by atoms with Crippen molar-refractivity contribution >= 4 is 17.3 Å². The van der Waals surface area contributed by atoms with Crippen LogP contribution < -0.4 is 10.6 Å². The van der Waals surface area contributed by atoms with Gasteiger partial charge in [-0.2, -0.15) is 0 Å². The van der Waals surface area contributed by atoms with Crippen LogP contribution in [0.2, 0.25) is 0 Å². The van der Waals surface area contributed by atoms with Crippen LogP contribution in [0.25, 0.3) is 0 Å². The lowest BCUT2D eigenvalue weighted by molar-refractivity contribution is -0.118. The maximum Gasteiger partial charge on any atom is 0.250 e. The third-order valence-electron chi connectivity index (χ3n) is 3.77. The number of hydrogen-bond donors (Lipinski definition) is 3. The number of anilines is 2. The van der Waals surface area contributed by atoms with Crippen molar-refractivity contribution in [1.82, 2.24) is 0 Å². The molecule has 1 fully saturated rings. The van der Waals surface area contributed by atoms with Crippen molar-refractivity contribution in [2.24, 2.45) is 0 Å². The minimum Gasteiger partial charge on any atom is -0.387 e. The Morgan fingerprint density at radius 3 is 2.45 bits per heavy atom. The zero-order valence-electron chi connectivity index (χ0n) is 11.9. The van der Waals surface area contributed by atoms with Crippen LogP contribution in [-0.2, 0) is 4.79 Å². The van der Waals surface area contributed by atoms with Crippen LogP contribution in [0, 0.1) is 0 Å². The maximum absolute atomic E-state index is 11.2. The molecule has 1 aliphatic rings. The first-order valence-corrected chi connectivity index (χ1v) is 7.55. The molecule has 1 aliphatic carbocycles. The van der Waals surface area contributed by atoms with Crippen molar-refractivity contribution in [2.75, 3.05) is 17.2 Å². The average Bonchev–Trinajstić information content (AvgIpc) is 2.42. The van der Waals surface area contributed by atoms with Gasteiger partial charge < -0.3 is 15.7 Å². The molecule has 110 valence electrons. The highest BCUT2D eigenvalue weighted by molar-refractivity contribution is 5.91. The fourth-order valence-corrected chi connectivity index (χ4v) is 2.72. The second kappa shape index (κ2) is 7.90. The summed E-state index contributed by atoms with van der Waals surface area (Å²) >= 11 is 0. The monoisotopic (exact) mass is 276 g/mol. The summed E-state index contributed by atoms with van der Waals surface area (Å²) in [6.45, 7) is -0.486. The zero-order chi connectivity index (χ0) is 14.2. The lowest BCUT2D eigenvalue weighted by atomic mass is 9.96. The summed E-state index contributed by atoms with van der Waals surface area (Å²) in [5.41, 5.74) is 1.76. The first kappa shape index (κ1) is 14.9. The number of aliphatic hydroxyl groups is 1. The van der Waals surface area contributed by atoms with Crippen molar-refractivity contribution in [3.63, 3.8) is 0 Å². The molecule has 4 heteroatoms. The molecule has 0 bridgehead atoms. The molecule has 1 aromatic carbocycles. The van der Waals surface area contributed by atoms with E-state index in [1.54, 1.807) is 0 Å². The normalized spacial score (nSPS) is 17.1. The molecular formula is C16H24N2O2. The number of carbonyl (C=O) groups excluding carboxylic acids is 1. The summed E-state index contributed by atoms with van der Waals surface area (Å²) in [6.07, 6.45) is 9.06. The number of amides is 1. The molecule has 20 heavy (non-hydrogen) atoms. The molecule has 0 saturated heterocycles. The van der Waals surface area contributed by atoms with Gasteiger partial charge in [-0.15, -0.1) is 0 Å². The Morgan fingerprint density at radius 2 is 1.75 bits per heavy atom. The smallest absolute Gasteiger partial charge is 0.250 e. The molecule has 2 rings (SSSR count). The summed E-state index contributed by atoms with van der Waals surface area (Å²) in [5.74, 6) is -0.381. The number of nitrogens with one attached hydrogen (secondary N) is 2. The summed E-state index contributed by atoms with van der Waals surface area (Å²) in [7, 11) is 0. The highest BCUT2D eigenvalue weighted by Crippen LogP contribution is 2.22. The standard InChI is InChI=1S/C16H24N2O2/c19-12-16(20)18-15-10-6-9-14(11-15)17-13-7-4-2-1-3-5-8-13/h6,9-11,13,17,19H,1-5,7-8,12H2,(H,18,20). The minimum atomic E-state index is -0.486. The van der Waals surface area contributed by atoms with Gasteiger partial charge in [-0.25, -0.2) is 0 Å². The van der Waals surface area contributed by atoms with Gasteiger partial charge in [-0.05, 0) is 31.0 Å². The summed E-state index contributed by atoms with van der Waals surface area (Å²) in [6, 6.07) is 8.22. The molecule has 3 N–H and O–H groups in total. The maximum atomic E-state index is 11.2. The quantitative estimate of drug-likeness (QED) is 0.791. The lowest BCUT2D eigenvalue weighted by Gasteiger charge is -2.22. The first-order chi connectivity index (χ1) is 9.78. The highest BCUT2D eigenvalue weighted by atomic mass is 16.3. The van der Waals surface area contributed by atoms with Crippen molar-refractivity contribution < 1.29 is 9.90 Å². The van der Waals surface area contributed by atoms with Gasteiger partial charge >= 0.3 is 0 Å². The Kier molecular flexibility index (Phi) is 5.87. The fraction of sp³-hybridized carbons (Fsp3) is 0.562. The molecule has 0 radical (unpaired) electrons. The lowest BCUT2D eigenvalue weighted by Crippen LogP contribution is -2.21. The predicted molar refractivity (Wildman–Crippen MR) is 81.9 cm³/mol. The van der Waals surface area contributed by atoms with E-state index in [4.69, 9.17) is 5.11 Å². The zero-order valence-corrected chi connectivity index (χ0v) is 11.9. The highest BCUT2D eigenvalue weighted by Gasteiger charge is 2.11. The molecule has 1 saturated carbocycles. The van der Waals surface area contributed by atoms with Crippen molar-refractivity contribution in [3.05, 3.63) is 24.3 Å². The Morgan fingerprint density at radius 1 is 1.10 bits per heavy atom. The number of rotatable bonds is 4. The van der Waals surface area contributed by atoms with Crippen LogP contribution in [0.3, 0.4) is 0 Å². The van der Waals surface area contributed by atoms with Crippen LogP contribution >= 0.6 is 0 Å². The van der Waals surface area contributed by atoms with E-state index in [1.165, 1.54) is 44.9 Å². The van der Waals surface area contributed by atoms with Crippen LogP contribution in [0.4, 0.5) is 11.4 Å². The van der Waals surface area contributed by atoms with Crippen molar-refractivity contribution in [2.45, 2.75) is 51.0 Å². The molecule has 4 nitrogen and oxygen atoms in total. The number of carbonyl (C=O) groups is 1. The Balaban J connectivity index is 1.94. The molecular weight excluding hydrogens is 252 g/mol. The Hall–Kier alpha value is -1.55. The summed E-state index contributed by atoms with van der Waals surface area (Å²) < 4.78 is 0. The van der Waals surface area contributed by atoms with E-state index >= 15 is 0 Å². The van der Waals surface area contributed by atoms with Gasteiger partial charge in [-0.1, -0.05) is 38.2 Å². The van der Waals surface area contributed by atoms with E-state index in [1.807, 2.05) is 24.3 Å². The van der Waals surface area contributed by atoms with E-state index in [0.717, 1.165) is 11.4 Å². The van der Waals surface area contributed by atoms with Gasteiger partial charge in [0.1, 0.15) is 6.61 Å². The van der Waals surface area contributed by atoms with Crippen LogP contribution in [0.15, 0.2) is 24.3 Å². The topological polar surface area (TPSA) is 61.4 Å². The fourth-order valence-electron chi connectivity index (χ4n) is 2.72. The minimum absolute atomic E-state index is 0.381. The Labute approximate surface area is 120 Å². The number of benzene rings is 1. The molecule has 0 aliphatic heterocycles. The van der Waals surface area contributed by atoms with Gasteiger partial charge in [0, 0.05) is 17.4 Å². The Bertz CT molecular complexity index is 426. The van der Waals surface area contributed by atoms with Crippen LogP contribution in [0.5, 0.6) is 0 Å². The van der Waals surface area contributed by atoms with Crippen LogP contribution in [-0.4, -0.2) is 23.7 Å². The predicted octanol–water partition coefficient (Wildman–Crippen LogP) is 3.14. The van der Waals surface area contributed by atoms with E-state index in [9.17, 15) is 4.79 Å². The summed E-state index contributed by atoms with van der Waals surface area (Å²) in [5, 5.41) is 15.0. The first-order valence-electron chi connectivity index (χ1n) is 7.55. The molecule has 0 aromatic heterocycles. The number of hydrogen-bond acceptors (Lipinski definition) is 3. The second-order valence-corrected chi connectivity index (χ2v) is 5.47. The van der Waals surface area contributed by atoms with Gasteiger partial charge in [0.05, 0.1) is 0 Å². The second-order valence-electron chi connectivity index (χ2n) is 5.47. The number of aliphatic hydroxyl groups excluding tert-OH is 1. The molecule has 0 spiro atoms. The molecule has 1 amide bonds. The SMILES string of the molecule is O=C(CO)Nc1cccc(NC2CCCCCCC2)c1. The summed E-state index contributed by atoms with van der Waals surface area (Å²) in [4.78, 5) is 11.2. The third kappa shape index (κ3) is 4.85. The van der Waals surface area contributed by atoms with E-state index in [2.05, 4.69) is 10.6 Å². The molecule has 0 unspecified atom stereocenters. The van der Waals surface area contributed by atoms with E-state index < -0.39 is 6.61 Å². The van der Waals surface area contributed by atoms with Gasteiger partial charge in [0.15, 0.2) is 0 Å². The van der Waals surface area contributed by atoms with E-state index in [-0.39, 0.29) is 5.91 Å². The van der Waals surface area contributed by atoms with Gasteiger partial charge in [-0.3, -0.25) is 4.79 Å². The largest absolute Gasteiger partial charge is 0.387 e. The molecule has 1 aromatic rings. The van der Waals surface area contributed by atoms with Gasteiger partial charge in [0.25, 0.3) is 0 Å². The van der Waals surface area contributed by atoms with Gasteiger partial charge in [0.2, 0.25) is 5.91 Å². The average molecular weight is 276 g/mol.